The first-order valence-corrected chi connectivity index (χ1v) is 6.32. The summed E-state index contributed by atoms with van der Waals surface area (Å²) in [7, 11) is 0. The predicted molar refractivity (Wildman–Crippen MR) is 84.1 cm³/mol. The number of fused-ring (bicyclic) bond motifs is 1. The van der Waals surface area contributed by atoms with Gasteiger partial charge in [0.15, 0.2) is 5.96 Å². The largest absolute Gasteiger partial charge is 0.491 e. The summed E-state index contributed by atoms with van der Waals surface area (Å²) >= 11 is 0. The van der Waals surface area contributed by atoms with Gasteiger partial charge in [0, 0.05) is 18.7 Å². The molecule has 2 N–H and O–H groups in total. The van der Waals surface area contributed by atoms with E-state index < -0.39 is 0 Å². The average molecular weight is 393 g/mol. The second-order valence-electron chi connectivity index (χ2n) is 4.60. The van der Waals surface area contributed by atoms with Crippen LogP contribution in [0.25, 0.3) is 0 Å². The third-order valence-electron chi connectivity index (χ3n) is 3.35. The average Bonchev–Trinajstić information content (AvgIpc) is 2.82. The van der Waals surface area contributed by atoms with Gasteiger partial charge in [0.05, 0.1) is 13.2 Å². The maximum absolute atomic E-state index is 13.3. The summed E-state index contributed by atoms with van der Waals surface area (Å²) in [4.78, 5) is 6.43. The number of benzene rings is 1. The van der Waals surface area contributed by atoms with Gasteiger partial charge in [-0.05, 0) is 18.2 Å². The van der Waals surface area contributed by atoms with E-state index in [1.807, 2.05) is 4.90 Å². The van der Waals surface area contributed by atoms with Gasteiger partial charge in [-0.15, -0.1) is 24.0 Å². The highest BCUT2D eigenvalue weighted by atomic mass is 127. The van der Waals surface area contributed by atoms with Crippen molar-refractivity contribution in [3.63, 3.8) is 0 Å². The third-order valence-corrected chi connectivity index (χ3v) is 3.35. The van der Waals surface area contributed by atoms with Gasteiger partial charge in [0.25, 0.3) is 0 Å². The lowest BCUT2D eigenvalue weighted by atomic mass is 10.1. The Morgan fingerprint density at radius 3 is 2.85 bits per heavy atom. The smallest absolute Gasteiger partial charge is 0.192 e. The zero-order chi connectivity index (χ0) is 13.2. The molecule has 0 amide bonds. The van der Waals surface area contributed by atoms with Crippen LogP contribution in [0.5, 0.6) is 5.75 Å². The van der Waals surface area contributed by atoms with Crippen LogP contribution < -0.4 is 10.5 Å². The van der Waals surface area contributed by atoms with Crippen molar-refractivity contribution >= 4 is 29.9 Å². The molecule has 0 bridgehead atoms. The minimum Gasteiger partial charge on any atom is -0.491 e. The van der Waals surface area contributed by atoms with Crippen LogP contribution in [-0.2, 0) is 4.74 Å². The number of nitrogens with zero attached hydrogens (tertiary/aromatic N) is 2. The molecule has 2 aliphatic rings. The van der Waals surface area contributed by atoms with E-state index in [1.54, 1.807) is 6.07 Å². The summed E-state index contributed by atoms with van der Waals surface area (Å²) in [5, 5.41) is 0. The molecule has 2 aliphatic heterocycles. The Balaban J connectivity index is 0.00000147. The Morgan fingerprint density at radius 1 is 1.35 bits per heavy atom. The van der Waals surface area contributed by atoms with Crippen LogP contribution in [0.2, 0.25) is 0 Å². The molecule has 2 heterocycles. The Hall–Kier alpha value is -1.09. The highest BCUT2D eigenvalue weighted by Crippen LogP contribution is 2.35. The fourth-order valence-corrected chi connectivity index (χ4v) is 2.31. The summed E-state index contributed by atoms with van der Waals surface area (Å²) in [5.41, 5.74) is 6.75. The van der Waals surface area contributed by atoms with Crippen molar-refractivity contribution < 1.29 is 13.9 Å². The van der Waals surface area contributed by atoms with Crippen molar-refractivity contribution in [2.24, 2.45) is 10.7 Å². The molecule has 20 heavy (non-hydrogen) atoms. The summed E-state index contributed by atoms with van der Waals surface area (Å²) in [6.45, 7) is 3.19. The van der Waals surface area contributed by atoms with E-state index in [4.69, 9.17) is 15.2 Å². The van der Waals surface area contributed by atoms with Gasteiger partial charge in [-0.1, -0.05) is 0 Å². The van der Waals surface area contributed by atoms with Crippen LogP contribution >= 0.6 is 24.0 Å². The van der Waals surface area contributed by atoms with Gasteiger partial charge in [0.1, 0.15) is 24.2 Å². The minimum atomic E-state index is -0.283. The first kappa shape index (κ1) is 15.3. The zero-order valence-electron chi connectivity index (χ0n) is 10.9. The molecule has 0 saturated carbocycles. The van der Waals surface area contributed by atoms with Crippen LogP contribution in [0, 0.1) is 5.82 Å². The van der Waals surface area contributed by atoms with E-state index in [0.29, 0.717) is 31.5 Å². The Labute approximate surface area is 134 Å². The minimum absolute atomic E-state index is 0. The van der Waals surface area contributed by atoms with Gasteiger partial charge < -0.3 is 20.1 Å². The molecule has 1 unspecified atom stereocenters. The normalized spacial score (nSPS) is 21.9. The number of halogens is 2. The first-order valence-electron chi connectivity index (χ1n) is 6.32. The molecule has 110 valence electrons. The second-order valence-corrected chi connectivity index (χ2v) is 4.60. The van der Waals surface area contributed by atoms with Gasteiger partial charge in [0.2, 0.25) is 0 Å². The van der Waals surface area contributed by atoms with Crippen molar-refractivity contribution in [1.29, 1.82) is 0 Å². The van der Waals surface area contributed by atoms with Crippen molar-refractivity contribution in [2.75, 3.05) is 32.9 Å². The van der Waals surface area contributed by atoms with E-state index in [1.165, 1.54) is 12.1 Å². The van der Waals surface area contributed by atoms with Gasteiger partial charge in [-0.3, -0.25) is 0 Å². The monoisotopic (exact) mass is 393 g/mol. The predicted octanol–water partition coefficient (Wildman–Crippen LogP) is 1.52. The lowest BCUT2D eigenvalue weighted by Gasteiger charge is -2.28. The number of nitrogens with two attached hydrogens (primary N) is 1. The number of hydrogen-bond donors (Lipinski definition) is 1. The lowest BCUT2D eigenvalue weighted by Crippen LogP contribution is -2.45. The van der Waals surface area contributed by atoms with Crippen molar-refractivity contribution in [1.82, 2.24) is 4.90 Å². The van der Waals surface area contributed by atoms with E-state index in [-0.39, 0.29) is 35.8 Å². The summed E-state index contributed by atoms with van der Waals surface area (Å²) in [6, 6.07) is 4.25. The Bertz CT molecular complexity index is 506. The maximum Gasteiger partial charge on any atom is 0.192 e. The molecule has 1 aromatic carbocycles. The molecule has 0 aromatic heterocycles. The molecular formula is C13H17FIN3O2. The molecule has 0 spiro atoms. The molecule has 3 rings (SSSR count). The fraction of sp³-hybridized carbons (Fsp3) is 0.462. The summed E-state index contributed by atoms with van der Waals surface area (Å²) in [5.74, 6) is 0.869. The van der Waals surface area contributed by atoms with Crippen LogP contribution in [0.1, 0.15) is 11.6 Å². The Kier molecular flexibility index (Phi) is 5.03. The molecular weight excluding hydrogens is 376 g/mol. The van der Waals surface area contributed by atoms with Gasteiger partial charge in [-0.25, -0.2) is 9.38 Å². The summed E-state index contributed by atoms with van der Waals surface area (Å²) < 4.78 is 24.0. The molecule has 1 aromatic rings. The molecule has 0 radical (unpaired) electrons. The number of ether oxygens (including phenoxy) is 2. The number of guanidine groups is 1. The van der Waals surface area contributed by atoms with Crippen LogP contribution in [0.3, 0.4) is 0 Å². The quantitative estimate of drug-likeness (QED) is 0.447. The highest BCUT2D eigenvalue weighted by Gasteiger charge is 2.25. The maximum atomic E-state index is 13.3. The van der Waals surface area contributed by atoms with Crippen molar-refractivity contribution in [3.05, 3.63) is 29.6 Å². The van der Waals surface area contributed by atoms with Crippen LogP contribution in [0.15, 0.2) is 23.2 Å². The van der Waals surface area contributed by atoms with E-state index in [2.05, 4.69) is 4.99 Å². The second kappa shape index (κ2) is 6.57. The van der Waals surface area contributed by atoms with Crippen molar-refractivity contribution in [3.8, 4) is 5.75 Å². The highest BCUT2D eigenvalue weighted by molar-refractivity contribution is 14.0. The molecule has 1 fully saturated rings. The number of morpholine rings is 1. The standard InChI is InChI=1S/C13H16FN3O2.HI/c14-9-1-2-12-10(7-9)11(8-19-12)16-13(15)17-3-5-18-6-4-17;/h1-2,7,11H,3-6,8H2,(H2,15,16);1H. The molecule has 0 aliphatic carbocycles. The Morgan fingerprint density at radius 2 is 2.10 bits per heavy atom. The number of rotatable bonds is 1. The van der Waals surface area contributed by atoms with E-state index in [9.17, 15) is 4.39 Å². The van der Waals surface area contributed by atoms with Crippen molar-refractivity contribution in [2.45, 2.75) is 6.04 Å². The first-order chi connectivity index (χ1) is 9.24. The van der Waals surface area contributed by atoms with E-state index in [0.717, 1.165) is 18.7 Å². The third kappa shape index (κ3) is 3.14. The molecule has 7 heteroatoms. The fourth-order valence-electron chi connectivity index (χ4n) is 2.31. The number of hydrogen-bond acceptors (Lipinski definition) is 3. The van der Waals surface area contributed by atoms with Crippen LogP contribution in [-0.4, -0.2) is 43.8 Å². The lowest BCUT2D eigenvalue weighted by molar-refractivity contribution is 0.0673. The molecule has 1 atom stereocenters. The number of aliphatic imine (C=N–C) groups is 1. The zero-order valence-corrected chi connectivity index (χ0v) is 13.2. The molecule has 5 nitrogen and oxygen atoms in total. The SMILES string of the molecule is I.NC(=NC1COc2ccc(F)cc21)N1CCOCC1. The van der Waals surface area contributed by atoms with Crippen LogP contribution in [0.4, 0.5) is 4.39 Å². The molecule has 1 saturated heterocycles. The van der Waals surface area contributed by atoms with E-state index >= 15 is 0 Å². The van der Waals surface area contributed by atoms with Gasteiger partial charge >= 0.3 is 0 Å². The van der Waals surface area contributed by atoms with Gasteiger partial charge in [-0.2, -0.15) is 0 Å². The summed E-state index contributed by atoms with van der Waals surface area (Å²) in [6.07, 6.45) is 0. The topological polar surface area (TPSA) is 60.1 Å².